The number of hydrogen-bond donors (Lipinski definition) is 2. The number of nitrogens with zero attached hydrogens (tertiary/aromatic N) is 1. The van der Waals surface area contributed by atoms with E-state index in [1.165, 1.54) is 17.4 Å². The normalized spacial score (nSPS) is 16.0. The van der Waals surface area contributed by atoms with Crippen LogP contribution in [0.3, 0.4) is 0 Å². The molecule has 0 radical (unpaired) electrons. The molecular weight excluding hydrogens is 360 g/mol. The molecular formula is C13H17BrN2O4S. The van der Waals surface area contributed by atoms with E-state index in [4.69, 9.17) is 0 Å². The highest BCUT2D eigenvalue weighted by Crippen LogP contribution is 2.33. The van der Waals surface area contributed by atoms with Crippen molar-refractivity contribution in [3.8, 4) is 0 Å². The highest BCUT2D eigenvalue weighted by atomic mass is 79.9. The number of carbonyl (C=O) groups excluding carboxylic acids is 1. The number of nitrogens with one attached hydrogen (secondary N) is 1. The zero-order chi connectivity index (χ0) is 15.8. The number of aliphatic hydroxyl groups excluding tert-OH is 1. The van der Waals surface area contributed by atoms with Crippen LogP contribution in [0.4, 0.5) is 5.69 Å². The Morgan fingerprint density at radius 2 is 2.14 bits per heavy atom. The molecule has 2 N–H and O–H groups in total. The molecule has 1 unspecified atom stereocenters. The Labute approximate surface area is 132 Å². The highest BCUT2D eigenvalue weighted by Gasteiger charge is 2.27. The van der Waals surface area contributed by atoms with E-state index >= 15 is 0 Å². The van der Waals surface area contributed by atoms with Crippen molar-refractivity contribution < 1.29 is 18.3 Å². The average Bonchev–Trinajstić information content (AvgIpc) is 2.73. The summed E-state index contributed by atoms with van der Waals surface area (Å²) in [6.45, 7) is 1.84. The molecule has 1 atom stereocenters. The summed E-state index contributed by atoms with van der Waals surface area (Å²) in [5.41, 5.74) is 1.31. The van der Waals surface area contributed by atoms with E-state index in [-0.39, 0.29) is 23.8 Å². The van der Waals surface area contributed by atoms with Crippen molar-refractivity contribution in [1.82, 2.24) is 4.31 Å². The van der Waals surface area contributed by atoms with Crippen LogP contribution in [0.5, 0.6) is 0 Å². The van der Waals surface area contributed by atoms with Gasteiger partial charge in [0.1, 0.15) is 0 Å². The molecule has 116 valence electrons. The van der Waals surface area contributed by atoms with Crippen LogP contribution in [0.15, 0.2) is 21.5 Å². The lowest BCUT2D eigenvalue weighted by Crippen LogP contribution is -2.30. The second-order valence-corrected chi connectivity index (χ2v) is 8.00. The second kappa shape index (κ2) is 6.04. The standard InChI is InChI=1S/C13H17BrN2O4S/c1-8(17)3-4-16(2)21(19,20)12-5-9-6-13(18)15-11(9)7-10(12)14/h5,7-8,17H,3-4,6H2,1-2H3,(H,15,18). The molecule has 1 amide bonds. The van der Waals surface area contributed by atoms with Crippen molar-refractivity contribution in [3.63, 3.8) is 0 Å². The zero-order valence-electron chi connectivity index (χ0n) is 11.8. The molecule has 0 fully saturated rings. The van der Waals surface area contributed by atoms with Crippen LogP contribution >= 0.6 is 15.9 Å². The van der Waals surface area contributed by atoms with Gasteiger partial charge in [0, 0.05) is 23.8 Å². The minimum atomic E-state index is -3.67. The number of halogens is 1. The van der Waals surface area contributed by atoms with Crippen LogP contribution in [0.1, 0.15) is 18.9 Å². The summed E-state index contributed by atoms with van der Waals surface area (Å²) in [5, 5.41) is 11.9. The van der Waals surface area contributed by atoms with Crippen molar-refractivity contribution in [2.45, 2.75) is 30.8 Å². The van der Waals surface area contributed by atoms with Gasteiger partial charge in [-0.3, -0.25) is 4.79 Å². The number of hydrogen-bond acceptors (Lipinski definition) is 4. The van der Waals surface area contributed by atoms with Gasteiger partial charge in [-0.15, -0.1) is 0 Å². The third-order valence-corrected chi connectivity index (χ3v) is 6.15. The quantitative estimate of drug-likeness (QED) is 0.811. The van der Waals surface area contributed by atoms with Gasteiger partial charge >= 0.3 is 0 Å². The Hall–Kier alpha value is -0.960. The third-order valence-electron chi connectivity index (χ3n) is 3.33. The Balaban J connectivity index is 2.33. The fourth-order valence-corrected chi connectivity index (χ4v) is 4.32. The molecule has 2 rings (SSSR count). The van der Waals surface area contributed by atoms with Crippen molar-refractivity contribution in [1.29, 1.82) is 0 Å². The minimum absolute atomic E-state index is 0.130. The first-order valence-electron chi connectivity index (χ1n) is 6.48. The smallest absolute Gasteiger partial charge is 0.243 e. The number of sulfonamides is 1. The Kier molecular flexibility index (Phi) is 4.72. The highest BCUT2D eigenvalue weighted by molar-refractivity contribution is 9.10. The van der Waals surface area contributed by atoms with Gasteiger partial charge in [-0.1, -0.05) is 0 Å². The fourth-order valence-electron chi connectivity index (χ4n) is 2.08. The maximum Gasteiger partial charge on any atom is 0.243 e. The predicted octanol–water partition coefficient (Wildman–Crippen LogP) is 1.34. The van der Waals surface area contributed by atoms with Crippen molar-refractivity contribution in [2.75, 3.05) is 18.9 Å². The summed E-state index contributed by atoms with van der Waals surface area (Å²) in [6.07, 6.45) is -0.0196. The van der Waals surface area contributed by atoms with E-state index < -0.39 is 16.1 Å². The first-order chi connectivity index (χ1) is 9.71. The lowest BCUT2D eigenvalue weighted by Gasteiger charge is -2.19. The van der Waals surface area contributed by atoms with Crippen LogP contribution in [0.2, 0.25) is 0 Å². The van der Waals surface area contributed by atoms with E-state index in [0.717, 1.165) is 0 Å². The molecule has 0 spiro atoms. The van der Waals surface area contributed by atoms with Gasteiger partial charge in [0.2, 0.25) is 15.9 Å². The predicted molar refractivity (Wildman–Crippen MR) is 82.6 cm³/mol. The number of rotatable bonds is 5. The number of carbonyl (C=O) groups is 1. The number of benzene rings is 1. The molecule has 8 heteroatoms. The molecule has 1 heterocycles. The second-order valence-electron chi connectivity index (χ2n) is 5.13. The maximum absolute atomic E-state index is 12.6. The van der Waals surface area contributed by atoms with Crippen LogP contribution in [0, 0.1) is 0 Å². The molecule has 0 saturated heterocycles. The largest absolute Gasteiger partial charge is 0.393 e. The topological polar surface area (TPSA) is 86.7 Å². The molecule has 1 aromatic carbocycles. The molecule has 0 saturated carbocycles. The van der Waals surface area contributed by atoms with Crippen molar-refractivity contribution >= 4 is 37.5 Å². The molecule has 0 aliphatic carbocycles. The van der Waals surface area contributed by atoms with Gasteiger partial charge in [0.15, 0.2) is 0 Å². The van der Waals surface area contributed by atoms with E-state index in [0.29, 0.717) is 22.1 Å². The summed E-state index contributed by atoms with van der Waals surface area (Å²) >= 11 is 3.25. The molecule has 21 heavy (non-hydrogen) atoms. The van der Waals surface area contributed by atoms with E-state index in [1.54, 1.807) is 13.0 Å². The molecule has 1 aliphatic rings. The van der Waals surface area contributed by atoms with E-state index in [1.807, 2.05) is 0 Å². The van der Waals surface area contributed by atoms with E-state index in [2.05, 4.69) is 21.2 Å². The van der Waals surface area contributed by atoms with Gasteiger partial charge in [0.05, 0.1) is 17.4 Å². The van der Waals surface area contributed by atoms with Crippen LogP contribution < -0.4 is 5.32 Å². The van der Waals surface area contributed by atoms with Gasteiger partial charge in [0.25, 0.3) is 0 Å². The average molecular weight is 377 g/mol. The van der Waals surface area contributed by atoms with Crippen LogP contribution in [0.25, 0.3) is 0 Å². The molecule has 1 aliphatic heterocycles. The lowest BCUT2D eigenvalue weighted by molar-refractivity contribution is -0.115. The van der Waals surface area contributed by atoms with Crippen molar-refractivity contribution in [3.05, 3.63) is 22.2 Å². The summed E-state index contributed by atoms with van der Waals surface area (Å²) in [7, 11) is -2.20. The number of fused-ring (bicyclic) bond motifs is 1. The maximum atomic E-state index is 12.6. The molecule has 0 bridgehead atoms. The SMILES string of the molecule is CC(O)CCN(C)S(=O)(=O)c1cc2c(cc1Br)NC(=O)C2. The summed E-state index contributed by atoms with van der Waals surface area (Å²) < 4.78 is 26.7. The van der Waals surface area contributed by atoms with Gasteiger partial charge < -0.3 is 10.4 Å². The third kappa shape index (κ3) is 3.45. The van der Waals surface area contributed by atoms with Gasteiger partial charge in [-0.05, 0) is 47.0 Å². The number of anilines is 1. The van der Waals surface area contributed by atoms with Crippen LogP contribution in [-0.4, -0.2) is 43.4 Å². The Morgan fingerprint density at radius 1 is 1.48 bits per heavy atom. The minimum Gasteiger partial charge on any atom is -0.393 e. The Bertz CT molecular complexity index is 673. The molecule has 0 aromatic heterocycles. The first kappa shape index (κ1) is 16.4. The summed E-state index contributed by atoms with van der Waals surface area (Å²) in [6, 6.07) is 3.13. The van der Waals surface area contributed by atoms with E-state index in [9.17, 15) is 18.3 Å². The van der Waals surface area contributed by atoms with Crippen molar-refractivity contribution in [2.24, 2.45) is 0 Å². The Morgan fingerprint density at radius 3 is 2.76 bits per heavy atom. The molecule has 6 nitrogen and oxygen atoms in total. The summed E-state index contributed by atoms with van der Waals surface area (Å²) in [5.74, 6) is -0.145. The molecule has 1 aromatic rings. The monoisotopic (exact) mass is 376 g/mol. The summed E-state index contributed by atoms with van der Waals surface area (Å²) in [4.78, 5) is 11.5. The first-order valence-corrected chi connectivity index (χ1v) is 8.72. The number of amides is 1. The van der Waals surface area contributed by atoms with Gasteiger partial charge in [-0.2, -0.15) is 0 Å². The van der Waals surface area contributed by atoms with Gasteiger partial charge in [-0.25, -0.2) is 12.7 Å². The lowest BCUT2D eigenvalue weighted by atomic mass is 10.2. The van der Waals surface area contributed by atoms with Crippen LogP contribution in [-0.2, 0) is 21.2 Å². The number of aliphatic hydroxyl groups is 1. The fraction of sp³-hybridized carbons (Fsp3) is 0.462. The zero-order valence-corrected chi connectivity index (χ0v) is 14.2.